The Morgan fingerprint density at radius 3 is 2.38 bits per heavy atom. The Labute approximate surface area is 81.2 Å². The molecule has 0 spiro atoms. The molecule has 0 heterocycles. The van der Waals surface area contributed by atoms with E-state index in [1.165, 1.54) is 10.7 Å². The van der Waals surface area contributed by atoms with Crippen LogP contribution in [0.25, 0.3) is 0 Å². The van der Waals surface area contributed by atoms with E-state index in [2.05, 4.69) is 6.92 Å². The molecule has 1 aliphatic carbocycles. The fourth-order valence-corrected chi connectivity index (χ4v) is 2.76. The minimum atomic E-state index is -2.96. The van der Waals surface area contributed by atoms with Crippen LogP contribution in [-0.2, 0) is 10.0 Å². The van der Waals surface area contributed by atoms with Gasteiger partial charge in [-0.05, 0) is 24.7 Å². The maximum atomic E-state index is 11.5. The standard InChI is InChI=1S/C9H19NO2S/c1-4-5-13(11,12)10(3)7-9-6-8(9)2/h8-9H,4-7H2,1-3H3. The van der Waals surface area contributed by atoms with Gasteiger partial charge in [-0.15, -0.1) is 0 Å². The fourth-order valence-electron chi connectivity index (χ4n) is 1.51. The SMILES string of the molecule is CCCS(=O)(=O)N(C)CC1CC1C. The lowest BCUT2D eigenvalue weighted by molar-refractivity contribution is 0.444. The highest BCUT2D eigenvalue weighted by molar-refractivity contribution is 7.89. The zero-order valence-electron chi connectivity index (χ0n) is 8.66. The minimum Gasteiger partial charge on any atom is -0.212 e. The average Bonchev–Trinajstić information content (AvgIpc) is 2.66. The molecule has 2 unspecified atom stereocenters. The monoisotopic (exact) mass is 205 g/mol. The van der Waals surface area contributed by atoms with Gasteiger partial charge in [-0.2, -0.15) is 0 Å². The van der Waals surface area contributed by atoms with Crippen LogP contribution in [0.5, 0.6) is 0 Å². The minimum absolute atomic E-state index is 0.282. The Morgan fingerprint density at radius 1 is 1.46 bits per heavy atom. The summed E-state index contributed by atoms with van der Waals surface area (Å²) in [5.74, 6) is 1.61. The van der Waals surface area contributed by atoms with Gasteiger partial charge in [-0.3, -0.25) is 0 Å². The molecule has 1 saturated carbocycles. The van der Waals surface area contributed by atoms with Crippen LogP contribution in [-0.4, -0.2) is 32.1 Å². The third kappa shape index (κ3) is 2.95. The van der Waals surface area contributed by atoms with Crippen molar-refractivity contribution in [3.8, 4) is 0 Å². The highest BCUT2D eigenvalue weighted by Gasteiger charge is 2.35. The first-order valence-electron chi connectivity index (χ1n) is 4.91. The molecule has 4 heteroatoms. The van der Waals surface area contributed by atoms with Gasteiger partial charge in [0, 0.05) is 13.6 Å². The molecule has 0 saturated heterocycles. The summed E-state index contributed by atoms with van der Waals surface area (Å²) < 4.78 is 24.6. The lowest BCUT2D eigenvalue weighted by Gasteiger charge is -2.16. The Morgan fingerprint density at radius 2 is 2.00 bits per heavy atom. The van der Waals surface area contributed by atoms with Crippen molar-refractivity contribution in [3.05, 3.63) is 0 Å². The van der Waals surface area contributed by atoms with Gasteiger partial charge in [-0.25, -0.2) is 12.7 Å². The Balaban J connectivity index is 2.42. The van der Waals surface area contributed by atoms with E-state index in [4.69, 9.17) is 0 Å². The van der Waals surface area contributed by atoms with Gasteiger partial charge in [0.25, 0.3) is 0 Å². The van der Waals surface area contributed by atoms with E-state index >= 15 is 0 Å². The molecule has 0 aromatic heterocycles. The summed E-state index contributed by atoms with van der Waals surface area (Å²) >= 11 is 0. The summed E-state index contributed by atoms with van der Waals surface area (Å²) in [6, 6.07) is 0. The molecule has 13 heavy (non-hydrogen) atoms. The molecule has 3 nitrogen and oxygen atoms in total. The van der Waals surface area contributed by atoms with Crippen molar-refractivity contribution in [2.45, 2.75) is 26.7 Å². The first-order chi connectivity index (χ1) is 5.97. The largest absolute Gasteiger partial charge is 0.213 e. The van der Waals surface area contributed by atoms with Crippen LogP contribution >= 0.6 is 0 Å². The van der Waals surface area contributed by atoms with E-state index in [-0.39, 0.29) is 5.75 Å². The zero-order chi connectivity index (χ0) is 10.1. The fraction of sp³-hybridized carbons (Fsp3) is 1.00. The highest BCUT2D eigenvalue weighted by atomic mass is 32.2. The van der Waals surface area contributed by atoms with E-state index in [9.17, 15) is 8.42 Å². The second kappa shape index (κ2) is 3.96. The van der Waals surface area contributed by atoms with Gasteiger partial charge in [0.15, 0.2) is 0 Å². The topological polar surface area (TPSA) is 37.4 Å². The summed E-state index contributed by atoms with van der Waals surface area (Å²) in [6.07, 6.45) is 1.89. The van der Waals surface area contributed by atoms with Gasteiger partial charge >= 0.3 is 0 Å². The van der Waals surface area contributed by atoms with E-state index in [0.29, 0.717) is 18.9 Å². The van der Waals surface area contributed by atoms with Crippen LogP contribution in [0.1, 0.15) is 26.7 Å². The second-order valence-electron chi connectivity index (χ2n) is 4.07. The molecule has 0 bridgehead atoms. The predicted molar refractivity (Wildman–Crippen MR) is 54.0 cm³/mol. The van der Waals surface area contributed by atoms with Crippen molar-refractivity contribution < 1.29 is 8.42 Å². The summed E-state index contributed by atoms with van der Waals surface area (Å²) in [7, 11) is -1.26. The normalized spacial score (nSPS) is 28.0. The van der Waals surface area contributed by atoms with Crippen LogP contribution < -0.4 is 0 Å². The molecule has 78 valence electrons. The molecule has 0 radical (unpaired) electrons. The molecular weight excluding hydrogens is 186 g/mol. The molecule has 1 fully saturated rings. The molecule has 0 N–H and O–H groups in total. The van der Waals surface area contributed by atoms with Crippen molar-refractivity contribution in [3.63, 3.8) is 0 Å². The van der Waals surface area contributed by atoms with Gasteiger partial charge in [-0.1, -0.05) is 13.8 Å². The summed E-state index contributed by atoms with van der Waals surface area (Å²) in [4.78, 5) is 0. The maximum absolute atomic E-state index is 11.5. The highest BCUT2D eigenvalue weighted by Crippen LogP contribution is 2.38. The smallest absolute Gasteiger partial charge is 0.212 e. The van der Waals surface area contributed by atoms with Crippen LogP contribution in [0, 0.1) is 11.8 Å². The summed E-state index contributed by atoms with van der Waals surface area (Å²) in [5, 5.41) is 0. The Bertz CT molecular complexity index is 261. The summed E-state index contributed by atoms with van der Waals surface area (Å²) in [6.45, 7) is 4.78. The van der Waals surface area contributed by atoms with Crippen LogP contribution in [0.3, 0.4) is 0 Å². The molecule has 1 aliphatic rings. The van der Waals surface area contributed by atoms with Crippen molar-refractivity contribution in [2.75, 3.05) is 19.3 Å². The molecular formula is C9H19NO2S. The first kappa shape index (κ1) is 11.0. The van der Waals surface area contributed by atoms with E-state index in [1.807, 2.05) is 6.92 Å². The lowest BCUT2D eigenvalue weighted by atomic mass is 10.3. The summed E-state index contributed by atoms with van der Waals surface area (Å²) in [5.41, 5.74) is 0. The maximum Gasteiger partial charge on any atom is 0.213 e. The number of hydrogen-bond acceptors (Lipinski definition) is 2. The molecule has 2 atom stereocenters. The average molecular weight is 205 g/mol. The molecule has 0 amide bonds. The first-order valence-corrected chi connectivity index (χ1v) is 6.52. The lowest BCUT2D eigenvalue weighted by Crippen LogP contribution is -2.31. The van der Waals surface area contributed by atoms with Gasteiger partial charge in [0.2, 0.25) is 10.0 Å². The number of rotatable bonds is 5. The van der Waals surface area contributed by atoms with E-state index < -0.39 is 10.0 Å². The Kier molecular flexibility index (Phi) is 3.35. The van der Waals surface area contributed by atoms with Gasteiger partial charge in [0.1, 0.15) is 0 Å². The van der Waals surface area contributed by atoms with Crippen molar-refractivity contribution in [2.24, 2.45) is 11.8 Å². The van der Waals surface area contributed by atoms with Crippen molar-refractivity contribution in [1.82, 2.24) is 4.31 Å². The molecule has 1 rings (SSSR count). The van der Waals surface area contributed by atoms with Crippen LogP contribution in [0.15, 0.2) is 0 Å². The van der Waals surface area contributed by atoms with Gasteiger partial charge < -0.3 is 0 Å². The zero-order valence-corrected chi connectivity index (χ0v) is 9.47. The van der Waals surface area contributed by atoms with Crippen molar-refractivity contribution >= 4 is 10.0 Å². The number of hydrogen-bond donors (Lipinski definition) is 0. The molecule has 0 aromatic rings. The third-order valence-electron chi connectivity index (χ3n) is 2.70. The molecule has 0 aliphatic heterocycles. The van der Waals surface area contributed by atoms with E-state index in [0.717, 1.165) is 5.92 Å². The van der Waals surface area contributed by atoms with Crippen molar-refractivity contribution in [1.29, 1.82) is 0 Å². The quantitative estimate of drug-likeness (QED) is 0.678. The second-order valence-corrected chi connectivity index (χ2v) is 6.27. The predicted octanol–water partition coefficient (Wildman–Crippen LogP) is 1.31. The Hall–Kier alpha value is -0.0900. The number of sulfonamides is 1. The van der Waals surface area contributed by atoms with Crippen LogP contribution in [0.4, 0.5) is 0 Å². The van der Waals surface area contributed by atoms with Gasteiger partial charge in [0.05, 0.1) is 5.75 Å². The van der Waals surface area contributed by atoms with E-state index in [1.54, 1.807) is 7.05 Å². The molecule has 0 aromatic carbocycles. The number of nitrogens with zero attached hydrogens (tertiary/aromatic N) is 1. The van der Waals surface area contributed by atoms with Crippen LogP contribution in [0.2, 0.25) is 0 Å². The third-order valence-corrected chi connectivity index (χ3v) is 4.73.